The zero-order valence-corrected chi connectivity index (χ0v) is 9.04. The lowest BCUT2D eigenvalue weighted by Gasteiger charge is -2.38. The van der Waals surface area contributed by atoms with Crippen LogP contribution in [-0.2, 0) is 0 Å². The molecule has 0 bridgehead atoms. The summed E-state index contributed by atoms with van der Waals surface area (Å²) in [5.74, 6) is 0.925. The minimum absolute atomic E-state index is 0.534. The second kappa shape index (κ2) is 3.67. The van der Waals surface area contributed by atoms with Gasteiger partial charge < -0.3 is 10.2 Å². The third-order valence-corrected chi connectivity index (χ3v) is 2.89. The van der Waals surface area contributed by atoms with Crippen LogP contribution in [0, 0.1) is 0 Å². The molecule has 1 N–H and O–H groups in total. The first-order chi connectivity index (χ1) is 7.88. The molecule has 1 fully saturated rings. The number of nitrogens with one attached hydrogen (secondary N) is 1. The molecule has 84 valence electrons. The van der Waals surface area contributed by atoms with Crippen LogP contribution in [-0.4, -0.2) is 50.9 Å². The van der Waals surface area contributed by atoms with Crippen LogP contribution in [0.4, 0.5) is 5.82 Å². The molecule has 0 aliphatic carbocycles. The van der Waals surface area contributed by atoms with Crippen LogP contribution in [0.25, 0.3) is 5.65 Å². The third-order valence-electron chi connectivity index (χ3n) is 2.89. The number of nitrogens with zero attached hydrogens (tertiary/aromatic N) is 6. The lowest BCUT2D eigenvalue weighted by molar-refractivity contribution is 0.413. The van der Waals surface area contributed by atoms with Gasteiger partial charge in [0, 0.05) is 19.6 Å². The summed E-state index contributed by atoms with van der Waals surface area (Å²) in [6, 6.07) is 4.39. The van der Waals surface area contributed by atoms with Crippen molar-refractivity contribution >= 4 is 11.5 Å². The molecule has 2 aromatic heterocycles. The Morgan fingerprint density at radius 1 is 1.50 bits per heavy atom. The average Bonchev–Trinajstić information content (AvgIpc) is 2.69. The number of tetrazole rings is 1. The van der Waals surface area contributed by atoms with Crippen LogP contribution < -0.4 is 10.2 Å². The molecule has 0 atom stereocenters. The van der Waals surface area contributed by atoms with Crippen LogP contribution in [0.5, 0.6) is 0 Å². The molecule has 0 radical (unpaired) electrons. The van der Waals surface area contributed by atoms with Crippen molar-refractivity contribution in [3.63, 3.8) is 0 Å². The fourth-order valence-electron chi connectivity index (χ4n) is 1.89. The van der Waals surface area contributed by atoms with E-state index < -0.39 is 0 Å². The Labute approximate surface area is 92.4 Å². The van der Waals surface area contributed by atoms with E-state index in [4.69, 9.17) is 0 Å². The van der Waals surface area contributed by atoms with Crippen molar-refractivity contribution in [1.82, 2.24) is 30.6 Å². The van der Waals surface area contributed by atoms with Crippen molar-refractivity contribution in [2.75, 3.05) is 24.5 Å². The maximum atomic E-state index is 4.39. The molecule has 0 spiro atoms. The minimum atomic E-state index is 0.534. The van der Waals surface area contributed by atoms with Gasteiger partial charge in [-0.05, 0) is 29.5 Å². The van der Waals surface area contributed by atoms with Crippen molar-refractivity contribution in [1.29, 1.82) is 0 Å². The van der Waals surface area contributed by atoms with E-state index in [0.717, 1.165) is 25.5 Å². The van der Waals surface area contributed by atoms with Crippen molar-refractivity contribution in [2.24, 2.45) is 0 Å². The summed E-state index contributed by atoms with van der Waals surface area (Å²) in [5, 5.41) is 18.9. The molecule has 16 heavy (non-hydrogen) atoms. The predicted octanol–water partition coefficient (Wildman–Crippen LogP) is -0.683. The van der Waals surface area contributed by atoms with E-state index in [1.807, 2.05) is 12.1 Å². The van der Waals surface area contributed by atoms with Gasteiger partial charge in [0.25, 0.3) is 0 Å². The molecule has 0 aromatic carbocycles. The largest absolute Gasteiger partial charge is 0.350 e. The Hall–Kier alpha value is -1.76. The van der Waals surface area contributed by atoms with E-state index in [-0.39, 0.29) is 0 Å². The van der Waals surface area contributed by atoms with Gasteiger partial charge >= 0.3 is 0 Å². The topological polar surface area (TPSA) is 71.2 Å². The highest BCUT2D eigenvalue weighted by molar-refractivity contribution is 5.45. The molecule has 7 heteroatoms. The Morgan fingerprint density at radius 2 is 2.38 bits per heavy atom. The zero-order valence-electron chi connectivity index (χ0n) is 9.04. The van der Waals surface area contributed by atoms with Crippen molar-refractivity contribution in [3.8, 4) is 0 Å². The molecular formula is C9H13N7. The van der Waals surface area contributed by atoms with Crippen LogP contribution in [0.1, 0.15) is 6.92 Å². The van der Waals surface area contributed by atoms with Crippen LogP contribution >= 0.6 is 0 Å². The fourth-order valence-corrected chi connectivity index (χ4v) is 1.89. The molecule has 0 unspecified atom stereocenters. The summed E-state index contributed by atoms with van der Waals surface area (Å²) in [6.07, 6.45) is 0. The van der Waals surface area contributed by atoms with Gasteiger partial charge in [0.05, 0.1) is 6.04 Å². The summed E-state index contributed by atoms with van der Waals surface area (Å²) in [5.41, 5.74) is 0.673. The monoisotopic (exact) mass is 219 g/mol. The highest BCUT2D eigenvalue weighted by Gasteiger charge is 2.24. The molecule has 3 rings (SSSR count). The first-order valence-electron chi connectivity index (χ1n) is 5.41. The Bertz CT molecular complexity index is 489. The quantitative estimate of drug-likeness (QED) is 0.737. The van der Waals surface area contributed by atoms with E-state index in [0.29, 0.717) is 11.7 Å². The number of rotatable bonds is 3. The predicted molar refractivity (Wildman–Crippen MR) is 58.3 cm³/mol. The van der Waals surface area contributed by atoms with Gasteiger partial charge in [0.2, 0.25) is 0 Å². The first kappa shape index (κ1) is 9.46. The summed E-state index contributed by atoms with van der Waals surface area (Å²) in [7, 11) is 0. The standard InChI is InChI=1S/C9H13N7/c1-2-15(7-5-10-6-7)9-4-3-8-11-13-14-16(8)12-9/h3-4,7,10H,2,5-6H2,1H3. The molecule has 3 heterocycles. The third kappa shape index (κ3) is 1.40. The minimum Gasteiger partial charge on any atom is -0.350 e. The first-order valence-corrected chi connectivity index (χ1v) is 5.41. The summed E-state index contributed by atoms with van der Waals surface area (Å²) >= 11 is 0. The van der Waals surface area contributed by atoms with Crippen molar-refractivity contribution in [3.05, 3.63) is 12.1 Å². The number of anilines is 1. The average molecular weight is 219 g/mol. The normalized spacial score (nSPS) is 16.3. The molecular weight excluding hydrogens is 206 g/mol. The van der Waals surface area contributed by atoms with E-state index in [2.05, 4.69) is 37.8 Å². The van der Waals surface area contributed by atoms with Crippen LogP contribution in [0.3, 0.4) is 0 Å². The van der Waals surface area contributed by atoms with Crippen LogP contribution in [0.2, 0.25) is 0 Å². The second-order valence-corrected chi connectivity index (χ2v) is 3.82. The van der Waals surface area contributed by atoms with Gasteiger partial charge in [-0.25, -0.2) is 0 Å². The summed E-state index contributed by atoms with van der Waals surface area (Å²) in [6.45, 7) is 5.10. The number of hydrogen-bond donors (Lipinski definition) is 1. The maximum Gasteiger partial charge on any atom is 0.200 e. The highest BCUT2D eigenvalue weighted by Crippen LogP contribution is 2.15. The SMILES string of the molecule is CCN(c1ccc2nnnn2n1)C1CNC1. The smallest absolute Gasteiger partial charge is 0.200 e. The van der Waals surface area contributed by atoms with Crippen LogP contribution in [0.15, 0.2) is 12.1 Å². The van der Waals surface area contributed by atoms with Gasteiger partial charge in [0.15, 0.2) is 11.5 Å². The molecule has 1 aliphatic heterocycles. The van der Waals surface area contributed by atoms with Gasteiger partial charge in [-0.1, -0.05) is 0 Å². The van der Waals surface area contributed by atoms with E-state index in [9.17, 15) is 0 Å². The van der Waals surface area contributed by atoms with E-state index in [1.165, 1.54) is 4.63 Å². The zero-order chi connectivity index (χ0) is 11.0. The highest BCUT2D eigenvalue weighted by atomic mass is 15.6. The van der Waals surface area contributed by atoms with Gasteiger partial charge in [-0.15, -0.1) is 14.8 Å². The van der Waals surface area contributed by atoms with Gasteiger partial charge in [0.1, 0.15) is 0 Å². The number of hydrogen-bond acceptors (Lipinski definition) is 6. The molecule has 7 nitrogen and oxygen atoms in total. The molecule has 0 saturated carbocycles. The van der Waals surface area contributed by atoms with Crippen molar-refractivity contribution < 1.29 is 0 Å². The van der Waals surface area contributed by atoms with E-state index in [1.54, 1.807) is 0 Å². The molecule has 1 saturated heterocycles. The molecule has 0 amide bonds. The maximum absolute atomic E-state index is 4.39. The summed E-state index contributed by atoms with van der Waals surface area (Å²) < 4.78 is 1.46. The number of likely N-dealkylation sites (N-methyl/N-ethyl adjacent to an activating group) is 1. The Morgan fingerprint density at radius 3 is 3.06 bits per heavy atom. The Kier molecular flexibility index (Phi) is 2.17. The fraction of sp³-hybridized carbons (Fsp3) is 0.556. The molecule has 2 aromatic rings. The van der Waals surface area contributed by atoms with Crippen molar-refractivity contribution in [2.45, 2.75) is 13.0 Å². The summed E-state index contributed by atoms with van der Waals surface area (Å²) in [4.78, 5) is 2.26. The molecule has 1 aliphatic rings. The number of aromatic nitrogens is 5. The number of fused-ring (bicyclic) bond motifs is 1. The Balaban J connectivity index is 1.95. The lowest BCUT2D eigenvalue weighted by atomic mass is 10.1. The van der Waals surface area contributed by atoms with Gasteiger partial charge in [-0.3, -0.25) is 0 Å². The van der Waals surface area contributed by atoms with Gasteiger partial charge in [-0.2, -0.15) is 0 Å². The lowest BCUT2D eigenvalue weighted by Crippen LogP contribution is -2.57. The van der Waals surface area contributed by atoms with E-state index >= 15 is 0 Å². The second-order valence-electron chi connectivity index (χ2n) is 3.82.